The van der Waals surface area contributed by atoms with Crippen molar-refractivity contribution in [3.8, 4) is 0 Å². The van der Waals surface area contributed by atoms with Crippen LogP contribution in [-0.4, -0.2) is 73.1 Å². The van der Waals surface area contributed by atoms with Gasteiger partial charge < -0.3 is 15.0 Å². The van der Waals surface area contributed by atoms with Crippen molar-refractivity contribution in [1.82, 2.24) is 15.1 Å². The van der Waals surface area contributed by atoms with Crippen molar-refractivity contribution in [1.29, 1.82) is 0 Å². The molecule has 0 aromatic rings. The van der Waals surface area contributed by atoms with Gasteiger partial charge in [0.25, 0.3) is 17.7 Å². The summed E-state index contributed by atoms with van der Waals surface area (Å²) in [7, 11) is 4.68. The number of nitrogens with zero attached hydrogens (tertiary/aromatic N) is 3. The minimum absolute atomic E-state index is 0.0612. The second kappa shape index (κ2) is 14.3. The van der Waals surface area contributed by atoms with E-state index in [1.807, 2.05) is 27.7 Å². The maximum atomic E-state index is 13.6. The molecular formula is C28H41FN4O4. The zero-order chi connectivity index (χ0) is 28.3. The Morgan fingerprint density at radius 2 is 2.03 bits per heavy atom. The number of likely N-dealkylation sites (N-methyl/N-ethyl adjacent to an activating group) is 2. The molecule has 0 radical (unpaired) electrons. The summed E-state index contributed by atoms with van der Waals surface area (Å²) in [5.41, 5.74) is -0.578. The Morgan fingerprint density at radius 3 is 2.57 bits per heavy atom. The highest BCUT2D eigenvalue weighted by molar-refractivity contribution is 6.29. The standard InChI is InChI=1S/C26H35FN4O4.C2H6/c1-8-12-18(27)14-11-10-13-17(3)22-21-20(28-5)15-19(23(32)29-6)24(33)31(21)16-26(4,35-22)25(34)30(7)9-2;1-2/h8,10-12,14-15,17H,9,13,16H2,1-7H3,(H,29,32);1-2H3/b11-10+,12-8-,18-14+,28-20?;. The van der Waals surface area contributed by atoms with Crippen LogP contribution in [0.4, 0.5) is 4.39 Å². The predicted molar refractivity (Wildman–Crippen MR) is 145 cm³/mol. The Balaban J connectivity index is 0.00000334. The zero-order valence-corrected chi connectivity index (χ0v) is 23.5. The van der Waals surface area contributed by atoms with Crippen molar-refractivity contribution in [2.45, 2.75) is 53.6 Å². The third kappa shape index (κ3) is 7.27. The molecule has 0 aromatic heterocycles. The maximum Gasteiger partial charge on any atom is 0.268 e. The highest BCUT2D eigenvalue weighted by atomic mass is 19.1. The molecule has 2 atom stereocenters. The molecule has 0 aliphatic carbocycles. The Kier molecular flexibility index (Phi) is 12.2. The van der Waals surface area contributed by atoms with Crippen molar-refractivity contribution in [2.24, 2.45) is 10.9 Å². The van der Waals surface area contributed by atoms with Gasteiger partial charge in [0.15, 0.2) is 0 Å². The van der Waals surface area contributed by atoms with Crippen LogP contribution in [-0.2, 0) is 19.1 Å². The molecule has 0 spiro atoms. The lowest BCUT2D eigenvalue weighted by Gasteiger charge is -2.45. The molecule has 9 heteroatoms. The number of carbonyl (C=O) groups excluding carboxylic acids is 3. The molecule has 0 fully saturated rings. The lowest BCUT2D eigenvalue weighted by Crippen LogP contribution is -2.60. The van der Waals surface area contributed by atoms with Gasteiger partial charge in [-0.25, -0.2) is 4.39 Å². The summed E-state index contributed by atoms with van der Waals surface area (Å²) in [6.45, 7) is 11.5. The van der Waals surface area contributed by atoms with Crippen molar-refractivity contribution in [3.05, 3.63) is 59.3 Å². The molecule has 2 aliphatic heterocycles. The summed E-state index contributed by atoms with van der Waals surface area (Å²) in [6.07, 6.45) is 9.61. The van der Waals surface area contributed by atoms with Gasteiger partial charge in [0.1, 0.15) is 22.9 Å². The van der Waals surface area contributed by atoms with Gasteiger partial charge in [-0.1, -0.05) is 39.0 Å². The first kappa shape index (κ1) is 31.5. The predicted octanol–water partition coefficient (Wildman–Crippen LogP) is 4.09. The number of ether oxygens (including phenoxy) is 1. The van der Waals surface area contributed by atoms with E-state index in [0.717, 1.165) is 0 Å². The first-order valence-electron chi connectivity index (χ1n) is 12.6. The molecule has 0 aromatic carbocycles. The number of aliphatic imine (C=N–C) groups is 1. The third-order valence-electron chi connectivity index (χ3n) is 5.94. The summed E-state index contributed by atoms with van der Waals surface area (Å²) in [5, 5.41) is 2.48. The van der Waals surface area contributed by atoms with E-state index in [1.165, 1.54) is 35.1 Å². The van der Waals surface area contributed by atoms with Gasteiger partial charge in [-0.15, -0.1) is 0 Å². The van der Waals surface area contributed by atoms with Crippen LogP contribution in [0, 0.1) is 5.92 Å². The van der Waals surface area contributed by atoms with Crippen molar-refractivity contribution in [3.63, 3.8) is 0 Å². The maximum absolute atomic E-state index is 13.6. The molecule has 2 unspecified atom stereocenters. The average molecular weight is 517 g/mol. The van der Waals surface area contributed by atoms with E-state index >= 15 is 0 Å². The number of hydrogen-bond acceptors (Lipinski definition) is 5. The Hall–Kier alpha value is -3.49. The molecule has 0 saturated carbocycles. The van der Waals surface area contributed by atoms with E-state index in [1.54, 1.807) is 46.2 Å². The van der Waals surface area contributed by atoms with Gasteiger partial charge in [-0.2, -0.15) is 0 Å². The van der Waals surface area contributed by atoms with Crippen molar-refractivity contribution >= 4 is 23.4 Å². The number of hydrogen-bond donors (Lipinski definition) is 1. The topological polar surface area (TPSA) is 91.3 Å². The van der Waals surface area contributed by atoms with Crippen LogP contribution in [0.2, 0.25) is 0 Å². The number of fused-ring (bicyclic) bond motifs is 1. The number of nitrogens with one attached hydrogen (secondary N) is 1. The van der Waals surface area contributed by atoms with Crippen LogP contribution in [0.25, 0.3) is 0 Å². The summed E-state index contributed by atoms with van der Waals surface area (Å²) in [5.74, 6) is -1.57. The smallest absolute Gasteiger partial charge is 0.268 e. The first-order chi connectivity index (χ1) is 17.5. The molecule has 8 nitrogen and oxygen atoms in total. The van der Waals surface area contributed by atoms with Gasteiger partial charge in [-0.05, 0) is 45.4 Å². The van der Waals surface area contributed by atoms with E-state index in [2.05, 4.69) is 10.3 Å². The Labute approximate surface area is 220 Å². The van der Waals surface area contributed by atoms with Crippen LogP contribution in [0.1, 0.15) is 48.0 Å². The van der Waals surface area contributed by atoms with Gasteiger partial charge in [0.05, 0.1) is 12.3 Å². The summed E-state index contributed by atoms with van der Waals surface area (Å²) >= 11 is 0. The van der Waals surface area contributed by atoms with E-state index in [9.17, 15) is 18.8 Å². The molecule has 2 aliphatic rings. The molecule has 1 N–H and O–H groups in total. The van der Waals surface area contributed by atoms with Crippen molar-refractivity contribution in [2.75, 3.05) is 34.2 Å². The normalized spacial score (nSPS) is 21.8. The molecule has 0 saturated heterocycles. The van der Waals surface area contributed by atoms with Gasteiger partial charge in [-0.3, -0.25) is 24.3 Å². The monoisotopic (exact) mass is 516 g/mol. The fourth-order valence-electron chi connectivity index (χ4n) is 3.91. The molecule has 2 heterocycles. The average Bonchev–Trinajstić information content (AvgIpc) is 2.91. The Morgan fingerprint density at radius 1 is 1.38 bits per heavy atom. The highest BCUT2D eigenvalue weighted by Gasteiger charge is 2.50. The SMILES string of the molecule is CC.C\C=C/C(F)=C\C=C\CC(C)C1=C2C(=NC)C=C(C(=O)NC)C(=O)N2CC(C)(C(=O)N(C)CC)O1. The number of amides is 3. The van der Waals surface area contributed by atoms with E-state index < -0.39 is 17.4 Å². The molecule has 37 heavy (non-hydrogen) atoms. The Bertz CT molecular complexity index is 1050. The second-order valence-corrected chi connectivity index (χ2v) is 8.62. The lowest BCUT2D eigenvalue weighted by molar-refractivity contribution is -0.157. The minimum atomic E-state index is -1.36. The fraction of sp³-hybridized carbons (Fsp3) is 0.500. The summed E-state index contributed by atoms with van der Waals surface area (Å²) < 4.78 is 20.0. The zero-order valence-electron chi connectivity index (χ0n) is 23.5. The number of allylic oxidation sites excluding steroid dienone is 8. The van der Waals surface area contributed by atoms with E-state index in [-0.39, 0.29) is 29.8 Å². The first-order valence-corrected chi connectivity index (χ1v) is 12.6. The van der Waals surface area contributed by atoms with Gasteiger partial charge in [0, 0.05) is 33.6 Å². The minimum Gasteiger partial charge on any atom is -0.478 e. The van der Waals surface area contributed by atoms with Crippen LogP contribution in [0.15, 0.2) is 64.3 Å². The number of carbonyl (C=O) groups is 3. The van der Waals surface area contributed by atoms with Crippen LogP contribution in [0.3, 0.4) is 0 Å². The van der Waals surface area contributed by atoms with Gasteiger partial charge >= 0.3 is 0 Å². The lowest BCUT2D eigenvalue weighted by atomic mass is 9.91. The fourth-order valence-corrected chi connectivity index (χ4v) is 3.91. The van der Waals surface area contributed by atoms with Crippen LogP contribution in [0.5, 0.6) is 0 Å². The second-order valence-electron chi connectivity index (χ2n) is 8.62. The molecule has 204 valence electrons. The largest absolute Gasteiger partial charge is 0.478 e. The number of halogens is 1. The molecular weight excluding hydrogens is 475 g/mol. The molecule has 2 rings (SSSR count). The van der Waals surface area contributed by atoms with E-state index in [4.69, 9.17) is 4.74 Å². The summed E-state index contributed by atoms with van der Waals surface area (Å²) in [4.78, 5) is 46.3. The van der Waals surface area contributed by atoms with E-state index in [0.29, 0.717) is 30.1 Å². The summed E-state index contributed by atoms with van der Waals surface area (Å²) in [6, 6.07) is 0. The molecule has 3 amide bonds. The highest BCUT2D eigenvalue weighted by Crippen LogP contribution is 2.38. The van der Waals surface area contributed by atoms with Gasteiger partial charge in [0.2, 0.25) is 5.60 Å². The third-order valence-corrected chi connectivity index (χ3v) is 5.94. The van der Waals surface area contributed by atoms with Crippen LogP contribution >= 0.6 is 0 Å². The van der Waals surface area contributed by atoms with Crippen molar-refractivity contribution < 1.29 is 23.5 Å². The van der Waals surface area contributed by atoms with Crippen LogP contribution < -0.4 is 5.32 Å². The quantitative estimate of drug-likeness (QED) is 0.389. The molecule has 0 bridgehead atoms. The number of rotatable bonds is 8.